The molecular weight excluding hydrogens is 334 g/mol. The maximum Gasteiger partial charge on any atom is 0.423 e. The number of nitrogens with zero attached hydrogens (tertiary/aromatic N) is 3. The van der Waals surface area contributed by atoms with Crippen molar-refractivity contribution in [1.82, 2.24) is 4.90 Å². The molecule has 6 heteroatoms. The lowest BCUT2D eigenvalue weighted by Gasteiger charge is -2.58. The second-order valence-corrected chi connectivity index (χ2v) is 7.37. The van der Waals surface area contributed by atoms with Gasteiger partial charge in [-0.3, -0.25) is 4.90 Å². The van der Waals surface area contributed by atoms with E-state index in [1.54, 1.807) is 11.4 Å². The molecule has 3 heterocycles. The van der Waals surface area contributed by atoms with Gasteiger partial charge in [0.1, 0.15) is 0 Å². The van der Waals surface area contributed by atoms with Crippen LogP contribution in [0.2, 0.25) is 0 Å². The minimum atomic E-state index is -0.662. The normalized spacial score (nSPS) is 25.4. The summed E-state index contributed by atoms with van der Waals surface area (Å²) in [5.41, 5.74) is 10.2. The molecule has 0 spiro atoms. The van der Waals surface area contributed by atoms with Gasteiger partial charge in [-0.1, -0.05) is 36.8 Å². The zero-order valence-electron chi connectivity index (χ0n) is 13.8. The highest BCUT2D eigenvalue weighted by Crippen LogP contribution is 2.46. The highest BCUT2D eigenvalue weighted by atomic mass is 32.1. The van der Waals surface area contributed by atoms with Gasteiger partial charge < -0.3 is 10.3 Å². The van der Waals surface area contributed by atoms with Crippen LogP contribution in [-0.4, -0.2) is 40.5 Å². The van der Waals surface area contributed by atoms with Gasteiger partial charge >= 0.3 is 11.7 Å². The third kappa shape index (κ3) is 2.72. The molecule has 5 nitrogen and oxygen atoms in total. The van der Waals surface area contributed by atoms with Crippen LogP contribution in [0.5, 0.6) is 0 Å². The summed E-state index contributed by atoms with van der Waals surface area (Å²) in [6.45, 7) is 1.73. The third-order valence-corrected chi connectivity index (χ3v) is 5.90. The Morgan fingerprint density at radius 1 is 1.28 bits per heavy atom. The average Bonchev–Trinajstić information content (AvgIpc) is 3.15. The van der Waals surface area contributed by atoms with E-state index < -0.39 is 11.6 Å². The number of benzene rings is 1. The summed E-state index contributed by atoms with van der Waals surface area (Å²) < 4.78 is 6.04. The van der Waals surface area contributed by atoms with E-state index in [4.69, 9.17) is 4.74 Å². The van der Waals surface area contributed by atoms with Crippen LogP contribution in [-0.2, 0) is 15.1 Å². The van der Waals surface area contributed by atoms with Gasteiger partial charge in [-0.2, -0.15) is 16.1 Å². The fraction of sp³-hybridized carbons (Fsp3) is 0.368. The molecule has 2 aliphatic rings. The number of thiophene rings is 1. The summed E-state index contributed by atoms with van der Waals surface area (Å²) in [5, 5.41) is 3.62. The minimum Gasteiger partial charge on any atom is -0.442 e. The molecule has 2 saturated heterocycles. The van der Waals surface area contributed by atoms with Crippen LogP contribution < -0.4 is 0 Å². The van der Waals surface area contributed by atoms with Crippen molar-refractivity contribution < 1.29 is 14.3 Å². The number of ether oxygens (including phenoxy) is 1. The number of piperidine rings is 1. The van der Waals surface area contributed by atoms with Crippen molar-refractivity contribution in [2.45, 2.75) is 30.9 Å². The van der Waals surface area contributed by atoms with Crippen LogP contribution in [0.3, 0.4) is 0 Å². The van der Waals surface area contributed by atoms with Crippen LogP contribution >= 0.6 is 11.3 Å². The number of hydrogen-bond acceptors (Lipinski definition) is 4. The number of rotatable bonds is 4. The largest absolute Gasteiger partial charge is 0.442 e. The topological polar surface area (TPSA) is 65.9 Å². The molecule has 128 valence electrons. The summed E-state index contributed by atoms with van der Waals surface area (Å²) in [5.74, 6) is -0.574. The molecular formula is C19H19N3O2S. The van der Waals surface area contributed by atoms with Crippen molar-refractivity contribution >= 4 is 23.0 Å². The Labute approximate surface area is 150 Å². The van der Waals surface area contributed by atoms with E-state index in [-0.39, 0.29) is 11.8 Å². The van der Waals surface area contributed by atoms with Crippen LogP contribution in [0, 0.1) is 0 Å². The molecule has 25 heavy (non-hydrogen) atoms. The van der Waals surface area contributed by atoms with E-state index in [0.717, 1.165) is 24.9 Å². The summed E-state index contributed by atoms with van der Waals surface area (Å²) in [6, 6.07) is 11.9. The molecule has 2 atom stereocenters. The fourth-order valence-corrected chi connectivity index (χ4v) is 4.64. The van der Waals surface area contributed by atoms with Crippen LogP contribution in [0.4, 0.5) is 0 Å². The van der Waals surface area contributed by atoms with Crippen molar-refractivity contribution in [3.63, 3.8) is 0 Å². The lowest BCUT2D eigenvalue weighted by atomic mass is 9.73. The van der Waals surface area contributed by atoms with Gasteiger partial charge in [-0.15, -0.1) is 0 Å². The molecule has 4 rings (SSSR count). The van der Waals surface area contributed by atoms with Crippen LogP contribution in [0.25, 0.3) is 5.53 Å². The fourth-order valence-electron chi connectivity index (χ4n) is 4.00. The van der Waals surface area contributed by atoms with Gasteiger partial charge in [0, 0.05) is 11.9 Å². The zero-order valence-corrected chi connectivity index (χ0v) is 14.6. The van der Waals surface area contributed by atoms with Crippen molar-refractivity contribution in [2.75, 3.05) is 13.1 Å². The van der Waals surface area contributed by atoms with Crippen molar-refractivity contribution in [2.24, 2.45) is 0 Å². The van der Waals surface area contributed by atoms with Gasteiger partial charge in [0.05, 0.1) is 11.6 Å². The highest BCUT2D eigenvalue weighted by Gasteiger charge is 2.58. The summed E-state index contributed by atoms with van der Waals surface area (Å²) in [6.07, 6.45) is 3.33. The molecule has 1 aromatic heterocycles. The first kappa shape index (κ1) is 16.2. The van der Waals surface area contributed by atoms with E-state index in [1.165, 1.54) is 17.8 Å². The Morgan fingerprint density at radius 3 is 2.80 bits per heavy atom. The van der Waals surface area contributed by atoms with Crippen molar-refractivity contribution in [3.05, 3.63) is 63.8 Å². The molecule has 2 fully saturated rings. The van der Waals surface area contributed by atoms with E-state index in [2.05, 4.69) is 9.69 Å². The smallest absolute Gasteiger partial charge is 0.423 e. The molecule has 0 aliphatic carbocycles. The summed E-state index contributed by atoms with van der Waals surface area (Å²) in [4.78, 5) is 18.4. The first-order chi connectivity index (χ1) is 12.2. The van der Waals surface area contributed by atoms with E-state index in [9.17, 15) is 10.3 Å². The predicted molar refractivity (Wildman–Crippen MR) is 95.5 cm³/mol. The minimum absolute atomic E-state index is 0.0363. The summed E-state index contributed by atoms with van der Waals surface area (Å²) in [7, 11) is 0. The van der Waals surface area contributed by atoms with Crippen molar-refractivity contribution in [3.8, 4) is 0 Å². The molecule has 1 aromatic carbocycles. The molecule has 0 radical (unpaired) electrons. The first-order valence-electron chi connectivity index (χ1n) is 8.52. The molecule has 0 saturated carbocycles. The molecule has 0 N–H and O–H groups in total. The lowest BCUT2D eigenvalue weighted by molar-refractivity contribution is -0.207. The standard InChI is InChI=1S/C19H19N3O2S/c20-21-17(14-9-11-25-12-14)18(23)24-19(15-6-2-1-3-7-15)13-22-10-5-4-8-16(19)22/h1-3,6-7,9,11-12,16H,4-5,8,10,13H2/t16?,19-/m0/s1. The van der Waals surface area contributed by atoms with Crippen LogP contribution in [0.1, 0.15) is 30.4 Å². The highest BCUT2D eigenvalue weighted by molar-refractivity contribution is 7.08. The van der Waals surface area contributed by atoms with Gasteiger partial charge in [0.2, 0.25) is 0 Å². The van der Waals surface area contributed by atoms with Gasteiger partial charge in [-0.25, -0.2) is 4.79 Å². The van der Waals surface area contributed by atoms with Gasteiger partial charge in [-0.05, 0) is 36.4 Å². The average molecular weight is 353 g/mol. The third-order valence-electron chi connectivity index (χ3n) is 5.22. The van der Waals surface area contributed by atoms with Crippen LogP contribution in [0.15, 0.2) is 47.2 Å². The number of carbonyl (C=O) groups excluding carboxylic acids is 1. The first-order valence-corrected chi connectivity index (χ1v) is 9.46. The molecule has 2 aliphatic heterocycles. The number of esters is 1. The maximum absolute atomic E-state index is 12.8. The zero-order chi connectivity index (χ0) is 17.3. The Bertz CT molecular complexity index is 814. The maximum atomic E-state index is 12.8. The number of fused-ring (bicyclic) bond motifs is 1. The predicted octanol–water partition coefficient (Wildman–Crippen LogP) is 3.07. The van der Waals surface area contributed by atoms with Gasteiger partial charge in [0.25, 0.3) is 0 Å². The Balaban J connectivity index is 1.66. The summed E-state index contributed by atoms with van der Waals surface area (Å²) >= 11 is 1.45. The second-order valence-electron chi connectivity index (χ2n) is 6.59. The second kappa shape index (κ2) is 6.56. The monoisotopic (exact) mass is 353 g/mol. The quantitative estimate of drug-likeness (QED) is 0.367. The van der Waals surface area contributed by atoms with Crippen molar-refractivity contribution in [1.29, 1.82) is 0 Å². The van der Waals surface area contributed by atoms with E-state index in [0.29, 0.717) is 12.1 Å². The molecule has 0 amide bonds. The van der Waals surface area contributed by atoms with Gasteiger partial charge in [0.15, 0.2) is 5.60 Å². The Kier molecular flexibility index (Phi) is 4.25. The van der Waals surface area contributed by atoms with E-state index in [1.807, 2.05) is 35.7 Å². The van der Waals surface area contributed by atoms with E-state index >= 15 is 0 Å². The number of hydrogen-bond donors (Lipinski definition) is 0. The Morgan fingerprint density at radius 2 is 2.12 bits per heavy atom. The number of carbonyl (C=O) groups is 1. The molecule has 2 aromatic rings. The lowest BCUT2D eigenvalue weighted by Crippen LogP contribution is -2.70. The molecule has 1 unspecified atom stereocenters. The molecule has 0 bridgehead atoms. The Hall–Kier alpha value is -2.27. The SMILES string of the molecule is [N-]=[N+]=C(C(=O)O[C@]1(c2ccccc2)CN2CCCCC21)c1ccsc1.